The smallest absolute Gasteiger partial charge is 0.248 e. The minimum Gasteiger partial charge on any atom is -0.470 e. The van der Waals surface area contributed by atoms with E-state index in [4.69, 9.17) is 35.9 Å². The summed E-state index contributed by atoms with van der Waals surface area (Å²) in [5.41, 5.74) is 5.30. The van der Waals surface area contributed by atoms with Crippen LogP contribution in [0.5, 0.6) is 5.88 Å². The van der Waals surface area contributed by atoms with Crippen molar-refractivity contribution in [2.45, 2.75) is 30.8 Å². The molecular weight excluding hydrogens is 486 g/mol. The van der Waals surface area contributed by atoms with Gasteiger partial charge in [0.25, 0.3) is 0 Å². The predicted octanol–water partition coefficient (Wildman–Crippen LogP) is 2.40. The zero-order valence-corrected chi connectivity index (χ0v) is 20.1. The first-order chi connectivity index (χ1) is 17.5. The Morgan fingerprint density at radius 3 is 2.69 bits per heavy atom. The fraction of sp³-hybridized carbons (Fsp3) is 0.385. The van der Waals surface area contributed by atoms with Gasteiger partial charge < -0.3 is 34.3 Å². The van der Waals surface area contributed by atoms with Gasteiger partial charge in [-0.25, -0.2) is 4.98 Å². The predicted molar refractivity (Wildman–Crippen MR) is 133 cm³/mol. The maximum Gasteiger partial charge on any atom is 0.248 e. The van der Waals surface area contributed by atoms with Crippen LogP contribution < -0.4 is 4.74 Å². The zero-order valence-electron chi connectivity index (χ0n) is 19.4. The number of nitrogens with zero attached hydrogens (tertiary/aromatic N) is 2. The summed E-state index contributed by atoms with van der Waals surface area (Å²) in [5, 5.41) is 19.5. The number of aliphatic hydroxyl groups is 2. The van der Waals surface area contributed by atoms with E-state index in [0.717, 1.165) is 28.6 Å². The number of rotatable bonds is 5. The van der Waals surface area contributed by atoms with Crippen LogP contribution in [0.1, 0.15) is 12.0 Å². The maximum absolute atomic E-state index is 11.7. The standard InChI is InChI=1S/C26H26ClN3O6/c27-17-9-18-19(10-22(28-18)36-21-13-35-25-20(32)12-34-26(21)25)29-24(17)16-3-1-14(2-4-16)15-5-7-30(8-6-15)23(33)11-31/h1-5,9-10,20-21,25-26,28,31-32H,6-8,11-13H2/t20-,21-,25?,26?/m1/s1. The molecule has 5 heterocycles. The number of H-pyrrole nitrogens is 1. The van der Waals surface area contributed by atoms with Crippen molar-refractivity contribution in [1.29, 1.82) is 0 Å². The lowest BCUT2D eigenvalue weighted by Gasteiger charge is -2.26. The van der Waals surface area contributed by atoms with E-state index in [1.165, 1.54) is 5.57 Å². The summed E-state index contributed by atoms with van der Waals surface area (Å²) in [7, 11) is 0. The second-order valence-corrected chi connectivity index (χ2v) is 9.67. The van der Waals surface area contributed by atoms with Gasteiger partial charge in [-0.05, 0) is 23.6 Å². The number of nitrogens with one attached hydrogen (secondary N) is 1. The largest absolute Gasteiger partial charge is 0.470 e. The van der Waals surface area contributed by atoms with Crippen molar-refractivity contribution in [2.24, 2.45) is 0 Å². The number of aromatic amines is 1. The highest BCUT2D eigenvalue weighted by molar-refractivity contribution is 6.33. The molecule has 0 spiro atoms. The molecule has 6 rings (SSSR count). The number of hydrogen-bond acceptors (Lipinski definition) is 7. The highest BCUT2D eigenvalue weighted by Crippen LogP contribution is 2.34. The van der Waals surface area contributed by atoms with Crippen LogP contribution >= 0.6 is 11.6 Å². The van der Waals surface area contributed by atoms with E-state index < -0.39 is 12.7 Å². The molecule has 0 aliphatic carbocycles. The Kier molecular flexibility index (Phi) is 6.18. The van der Waals surface area contributed by atoms with E-state index >= 15 is 0 Å². The third-order valence-electron chi connectivity index (χ3n) is 7.02. The summed E-state index contributed by atoms with van der Waals surface area (Å²) in [6, 6.07) is 11.7. The first-order valence-electron chi connectivity index (χ1n) is 12.0. The van der Waals surface area contributed by atoms with E-state index in [-0.39, 0.29) is 30.8 Å². The van der Waals surface area contributed by atoms with Crippen LogP contribution in [0.4, 0.5) is 0 Å². The number of amides is 1. The molecule has 3 aliphatic rings. The molecule has 2 saturated heterocycles. The highest BCUT2D eigenvalue weighted by Gasteiger charge is 2.48. The molecule has 188 valence electrons. The Morgan fingerprint density at radius 2 is 1.94 bits per heavy atom. The summed E-state index contributed by atoms with van der Waals surface area (Å²) < 4.78 is 17.3. The number of pyridine rings is 1. The molecule has 1 amide bonds. The molecule has 3 aliphatic heterocycles. The molecule has 36 heavy (non-hydrogen) atoms. The van der Waals surface area contributed by atoms with E-state index in [0.29, 0.717) is 36.3 Å². The Bertz CT molecular complexity index is 1320. The van der Waals surface area contributed by atoms with E-state index in [2.05, 4.69) is 4.98 Å². The first kappa shape index (κ1) is 23.4. The van der Waals surface area contributed by atoms with Crippen LogP contribution in [0.2, 0.25) is 5.02 Å². The van der Waals surface area contributed by atoms with Gasteiger partial charge in [0.2, 0.25) is 5.91 Å². The van der Waals surface area contributed by atoms with Crippen LogP contribution in [0.3, 0.4) is 0 Å². The molecule has 0 radical (unpaired) electrons. The number of aliphatic hydroxyl groups excluding tert-OH is 2. The van der Waals surface area contributed by atoms with Gasteiger partial charge in [0.1, 0.15) is 24.9 Å². The van der Waals surface area contributed by atoms with Crippen molar-refractivity contribution in [1.82, 2.24) is 14.9 Å². The van der Waals surface area contributed by atoms with Crippen molar-refractivity contribution in [3.8, 4) is 17.1 Å². The molecule has 0 bridgehead atoms. The lowest BCUT2D eigenvalue weighted by Crippen LogP contribution is -2.36. The number of ether oxygens (including phenoxy) is 3. The van der Waals surface area contributed by atoms with Gasteiger partial charge in [0.05, 0.1) is 35.0 Å². The Labute approximate surface area is 212 Å². The number of aromatic nitrogens is 2. The van der Waals surface area contributed by atoms with Crippen LogP contribution in [0.15, 0.2) is 42.5 Å². The second kappa shape index (κ2) is 9.49. The molecule has 3 N–H and O–H groups in total. The Hall–Kier alpha value is -2.95. The average molecular weight is 512 g/mol. The number of benzene rings is 1. The summed E-state index contributed by atoms with van der Waals surface area (Å²) in [5.74, 6) is 0.291. The summed E-state index contributed by atoms with van der Waals surface area (Å²) in [4.78, 5) is 21.3. The van der Waals surface area contributed by atoms with E-state index in [1.807, 2.05) is 42.5 Å². The highest BCUT2D eigenvalue weighted by atomic mass is 35.5. The number of carbonyl (C=O) groups excluding carboxylic acids is 1. The fourth-order valence-electron chi connectivity index (χ4n) is 5.08. The molecule has 3 aromatic rings. The van der Waals surface area contributed by atoms with Gasteiger partial charge in [0.15, 0.2) is 12.0 Å². The SMILES string of the molecule is O=C(CO)N1CC=C(c2ccc(-c3nc4cc(O[C@@H]5COC6C5OC[C@H]6O)[nH]c4cc3Cl)cc2)CC1. The molecule has 4 atom stereocenters. The van der Waals surface area contributed by atoms with Crippen molar-refractivity contribution < 1.29 is 29.2 Å². The fourth-order valence-corrected chi connectivity index (χ4v) is 5.34. The van der Waals surface area contributed by atoms with Gasteiger partial charge in [0, 0.05) is 24.7 Å². The second-order valence-electron chi connectivity index (χ2n) is 9.26. The minimum absolute atomic E-state index is 0.249. The summed E-state index contributed by atoms with van der Waals surface area (Å²) in [6.07, 6.45) is 1.17. The lowest BCUT2D eigenvalue weighted by atomic mass is 9.97. The van der Waals surface area contributed by atoms with E-state index in [1.54, 1.807) is 4.90 Å². The van der Waals surface area contributed by atoms with Gasteiger partial charge in [-0.3, -0.25) is 4.79 Å². The molecule has 0 saturated carbocycles. The molecule has 2 aromatic heterocycles. The molecular formula is C26H26ClN3O6. The van der Waals surface area contributed by atoms with Crippen LogP contribution in [-0.4, -0.2) is 88.3 Å². The van der Waals surface area contributed by atoms with Crippen molar-refractivity contribution in [3.05, 3.63) is 53.1 Å². The van der Waals surface area contributed by atoms with Gasteiger partial charge in [-0.15, -0.1) is 0 Å². The summed E-state index contributed by atoms with van der Waals surface area (Å²) in [6.45, 7) is 1.23. The van der Waals surface area contributed by atoms with Crippen LogP contribution in [0, 0.1) is 0 Å². The topological polar surface area (TPSA) is 117 Å². The average Bonchev–Trinajstić information content (AvgIpc) is 3.60. The quantitative estimate of drug-likeness (QED) is 0.481. The number of fused-ring (bicyclic) bond motifs is 2. The Morgan fingerprint density at radius 1 is 1.17 bits per heavy atom. The minimum atomic E-state index is -0.625. The van der Waals surface area contributed by atoms with Crippen molar-refractivity contribution >= 4 is 34.1 Å². The van der Waals surface area contributed by atoms with Crippen LogP contribution in [-0.2, 0) is 14.3 Å². The maximum atomic E-state index is 11.7. The van der Waals surface area contributed by atoms with Gasteiger partial charge in [-0.2, -0.15) is 0 Å². The normalized spacial score (nSPS) is 25.8. The number of hydrogen-bond donors (Lipinski definition) is 3. The molecule has 9 nitrogen and oxygen atoms in total. The molecule has 2 fully saturated rings. The van der Waals surface area contributed by atoms with E-state index in [9.17, 15) is 9.90 Å². The molecule has 10 heteroatoms. The zero-order chi connectivity index (χ0) is 24.8. The Balaban J connectivity index is 1.19. The summed E-state index contributed by atoms with van der Waals surface area (Å²) >= 11 is 6.59. The van der Waals surface area contributed by atoms with Crippen LogP contribution in [0.25, 0.3) is 27.9 Å². The third-order valence-corrected chi connectivity index (χ3v) is 7.31. The van der Waals surface area contributed by atoms with Gasteiger partial charge in [-0.1, -0.05) is 41.9 Å². The molecule has 1 aromatic carbocycles. The number of halogens is 1. The number of carbonyl (C=O) groups is 1. The van der Waals surface area contributed by atoms with Crippen molar-refractivity contribution in [2.75, 3.05) is 32.9 Å². The third kappa shape index (κ3) is 4.27. The monoisotopic (exact) mass is 511 g/mol. The molecule has 2 unspecified atom stereocenters. The van der Waals surface area contributed by atoms with Gasteiger partial charge >= 0.3 is 0 Å². The first-order valence-corrected chi connectivity index (χ1v) is 12.3. The van der Waals surface area contributed by atoms with Crippen molar-refractivity contribution in [3.63, 3.8) is 0 Å². The lowest BCUT2D eigenvalue weighted by molar-refractivity contribution is -0.133.